The molecular formula is C14H10BrClF2O. The van der Waals surface area contributed by atoms with E-state index in [1.165, 1.54) is 0 Å². The van der Waals surface area contributed by atoms with Crippen molar-refractivity contribution >= 4 is 27.5 Å². The van der Waals surface area contributed by atoms with E-state index in [1.807, 2.05) is 24.3 Å². The third-order valence-electron chi connectivity index (χ3n) is 2.74. The van der Waals surface area contributed by atoms with Gasteiger partial charge in [-0.2, -0.15) is 0 Å². The summed E-state index contributed by atoms with van der Waals surface area (Å²) in [6, 6.07) is 9.16. The first-order valence-corrected chi connectivity index (χ1v) is 6.71. The number of hydrogen-bond acceptors (Lipinski definition) is 1. The van der Waals surface area contributed by atoms with E-state index in [0.717, 1.165) is 22.2 Å². The molecule has 2 rings (SSSR count). The van der Waals surface area contributed by atoms with Crippen molar-refractivity contribution in [2.75, 3.05) is 0 Å². The normalized spacial score (nSPS) is 12.5. The molecule has 5 heteroatoms. The van der Waals surface area contributed by atoms with E-state index >= 15 is 0 Å². The van der Waals surface area contributed by atoms with Crippen LogP contribution in [0.25, 0.3) is 0 Å². The lowest BCUT2D eigenvalue weighted by atomic mass is 10.0. The van der Waals surface area contributed by atoms with Gasteiger partial charge < -0.3 is 5.11 Å². The number of aliphatic hydroxyl groups is 1. The molecule has 2 aromatic rings. The van der Waals surface area contributed by atoms with Crippen molar-refractivity contribution in [3.63, 3.8) is 0 Å². The number of rotatable bonds is 3. The lowest BCUT2D eigenvalue weighted by Gasteiger charge is -2.13. The molecule has 19 heavy (non-hydrogen) atoms. The van der Waals surface area contributed by atoms with Gasteiger partial charge in [0.05, 0.1) is 6.10 Å². The van der Waals surface area contributed by atoms with Crippen LogP contribution in [0, 0.1) is 11.6 Å². The fourth-order valence-corrected chi connectivity index (χ4v) is 2.29. The monoisotopic (exact) mass is 346 g/mol. The number of halogens is 4. The van der Waals surface area contributed by atoms with E-state index in [1.54, 1.807) is 0 Å². The minimum atomic E-state index is -1.02. The van der Waals surface area contributed by atoms with Gasteiger partial charge in [-0.3, -0.25) is 0 Å². The van der Waals surface area contributed by atoms with Crippen molar-refractivity contribution < 1.29 is 13.9 Å². The van der Waals surface area contributed by atoms with Gasteiger partial charge in [0.25, 0.3) is 0 Å². The van der Waals surface area contributed by atoms with Crippen LogP contribution < -0.4 is 0 Å². The van der Waals surface area contributed by atoms with Gasteiger partial charge >= 0.3 is 0 Å². The fraction of sp³-hybridized carbons (Fsp3) is 0.143. The Morgan fingerprint density at radius 2 is 1.68 bits per heavy atom. The highest BCUT2D eigenvalue weighted by atomic mass is 79.9. The van der Waals surface area contributed by atoms with E-state index in [2.05, 4.69) is 15.9 Å². The maximum Gasteiger partial charge on any atom is 0.160 e. The smallest absolute Gasteiger partial charge is 0.160 e. The molecule has 1 nitrogen and oxygen atoms in total. The molecule has 100 valence electrons. The summed E-state index contributed by atoms with van der Waals surface area (Å²) in [6.45, 7) is 0. The zero-order valence-electron chi connectivity index (χ0n) is 9.71. The second-order valence-electron chi connectivity index (χ2n) is 4.13. The van der Waals surface area contributed by atoms with E-state index in [-0.39, 0.29) is 17.0 Å². The lowest BCUT2D eigenvalue weighted by molar-refractivity contribution is 0.178. The Bertz CT molecular complexity index is 587. The highest BCUT2D eigenvalue weighted by Gasteiger charge is 2.16. The summed E-state index contributed by atoms with van der Waals surface area (Å²) < 4.78 is 27.0. The molecule has 0 aromatic heterocycles. The van der Waals surface area contributed by atoms with Gasteiger partial charge in [-0.25, -0.2) is 8.78 Å². The summed E-state index contributed by atoms with van der Waals surface area (Å²) in [5.74, 6) is -2.04. The van der Waals surface area contributed by atoms with E-state index in [0.29, 0.717) is 0 Å². The highest BCUT2D eigenvalue weighted by Crippen LogP contribution is 2.28. The van der Waals surface area contributed by atoms with Crippen LogP contribution in [0.15, 0.2) is 40.9 Å². The van der Waals surface area contributed by atoms with Crippen molar-refractivity contribution in [2.24, 2.45) is 0 Å². The van der Waals surface area contributed by atoms with Crippen LogP contribution in [-0.4, -0.2) is 5.11 Å². The topological polar surface area (TPSA) is 20.2 Å². The molecule has 0 fully saturated rings. The summed E-state index contributed by atoms with van der Waals surface area (Å²) in [7, 11) is 0. The van der Waals surface area contributed by atoms with Crippen molar-refractivity contribution in [3.8, 4) is 0 Å². The molecule has 0 spiro atoms. The maximum atomic E-state index is 13.2. The van der Waals surface area contributed by atoms with Crippen molar-refractivity contribution in [2.45, 2.75) is 12.5 Å². The zero-order chi connectivity index (χ0) is 14.0. The molecule has 0 radical (unpaired) electrons. The molecule has 0 aliphatic heterocycles. The zero-order valence-corrected chi connectivity index (χ0v) is 12.0. The Kier molecular flexibility index (Phi) is 4.55. The van der Waals surface area contributed by atoms with Crippen LogP contribution in [0.4, 0.5) is 8.78 Å². The van der Waals surface area contributed by atoms with Crippen LogP contribution >= 0.6 is 27.5 Å². The second-order valence-corrected chi connectivity index (χ2v) is 5.46. The molecule has 0 saturated carbocycles. The summed E-state index contributed by atoms with van der Waals surface area (Å²) in [5.41, 5.74) is 1.06. The number of benzene rings is 2. The standard InChI is InChI=1S/C14H10BrClF2O/c15-9-3-1-8(2-4-9)5-14(19)10-6-12(17)13(18)7-11(10)16/h1-4,6-7,14,19H,5H2. The van der Waals surface area contributed by atoms with E-state index < -0.39 is 17.7 Å². The Morgan fingerprint density at radius 3 is 2.32 bits per heavy atom. The molecule has 0 saturated heterocycles. The minimum absolute atomic E-state index is 0.0171. The quantitative estimate of drug-likeness (QED) is 0.801. The number of hydrogen-bond donors (Lipinski definition) is 1. The van der Waals surface area contributed by atoms with Crippen LogP contribution in [0.3, 0.4) is 0 Å². The van der Waals surface area contributed by atoms with E-state index in [4.69, 9.17) is 11.6 Å². The summed E-state index contributed by atoms with van der Waals surface area (Å²) >= 11 is 9.12. The lowest BCUT2D eigenvalue weighted by Crippen LogP contribution is -2.04. The first-order valence-electron chi connectivity index (χ1n) is 5.54. The van der Waals surface area contributed by atoms with Gasteiger partial charge in [-0.1, -0.05) is 39.7 Å². The molecular weight excluding hydrogens is 338 g/mol. The highest BCUT2D eigenvalue weighted by molar-refractivity contribution is 9.10. The average Bonchev–Trinajstić information content (AvgIpc) is 2.36. The Morgan fingerprint density at radius 1 is 1.11 bits per heavy atom. The van der Waals surface area contributed by atoms with Crippen LogP contribution in [0.1, 0.15) is 17.2 Å². The third-order valence-corrected chi connectivity index (χ3v) is 3.60. The van der Waals surface area contributed by atoms with Gasteiger partial charge in [0, 0.05) is 21.5 Å². The fourth-order valence-electron chi connectivity index (χ4n) is 1.75. The van der Waals surface area contributed by atoms with Crippen LogP contribution in [-0.2, 0) is 6.42 Å². The SMILES string of the molecule is OC(Cc1ccc(Br)cc1)c1cc(F)c(F)cc1Cl. The van der Waals surface area contributed by atoms with E-state index in [9.17, 15) is 13.9 Å². The van der Waals surface area contributed by atoms with Crippen molar-refractivity contribution in [1.82, 2.24) is 0 Å². The molecule has 1 unspecified atom stereocenters. The van der Waals surface area contributed by atoms with Crippen LogP contribution in [0.5, 0.6) is 0 Å². The minimum Gasteiger partial charge on any atom is -0.388 e. The molecule has 2 aromatic carbocycles. The van der Waals surface area contributed by atoms with Gasteiger partial charge in [0.15, 0.2) is 11.6 Å². The molecule has 1 N–H and O–H groups in total. The molecule has 1 atom stereocenters. The average molecular weight is 348 g/mol. The summed E-state index contributed by atoms with van der Waals surface area (Å²) in [4.78, 5) is 0. The maximum absolute atomic E-state index is 13.2. The first-order chi connectivity index (χ1) is 8.97. The predicted octanol–water partition coefficient (Wildman–Crippen LogP) is 4.66. The van der Waals surface area contributed by atoms with Gasteiger partial charge in [0.1, 0.15) is 0 Å². The van der Waals surface area contributed by atoms with Crippen molar-refractivity contribution in [3.05, 3.63) is 68.7 Å². The summed E-state index contributed by atoms with van der Waals surface area (Å²) in [6.07, 6.45) is -0.707. The van der Waals surface area contributed by atoms with Gasteiger partial charge in [-0.15, -0.1) is 0 Å². The second kappa shape index (κ2) is 5.99. The summed E-state index contributed by atoms with van der Waals surface area (Å²) in [5, 5.41) is 10.1. The molecule has 0 amide bonds. The molecule has 0 bridgehead atoms. The first kappa shape index (κ1) is 14.4. The van der Waals surface area contributed by atoms with Gasteiger partial charge in [0.2, 0.25) is 0 Å². The Labute approximate surface area is 123 Å². The number of aliphatic hydroxyl groups excluding tert-OH is 1. The van der Waals surface area contributed by atoms with Gasteiger partial charge in [-0.05, 0) is 29.8 Å². The largest absolute Gasteiger partial charge is 0.388 e. The Hall–Kier alpha value is -0.970. The third kappa shape index (κ3) is 3.53. The molecule has 0 aliphatic carbocycles. The molecule has 0 heterocycles. The molecule has 0 aliphatic rings. The van der Waals surface area contributed by atoms with Crippen LogP contribution in [0.2, 0.25) is 5.02 Å². The predicted molar refractivity (Wildman–Crippen MR) is 74.2 cm³/mol. The Balaban J connectivity index is 2.22. The van der Waals surface area contributed by atoms with Crippen molar-refractivity contribution in [1.29, 1.82) is 0 Å².